The molecule has 0 spiro atoms. The van der Waals surface area contributed by atoms with Crippen molar-refractivity contribution in [3.63, 3.8) is 0 Å². The van der Waals surface area contributed by atoms with E-state index in [0.29, 0.717) is 31.2 Å². The fraction of sp³-hybridized carbons (Fsp3) is 0.0800. The number of nitriles is 1. The second-order valence-corrected chi connectivity index (χ2v) is 8.38. The van der Waals surface area contributed by atoms with E-state index < -0.39 is 11.9 Å². The Morgan fingerprint density at radius 1 is 1.03 bits per heavy atom. The molecule has 9 heteroatoms. The number of halogens is 2. The summed E-state index contributed by atoms with van der Waals surface area (Å²) in [6.07, 6.45) is 1.42. The second kappa shape index (κ2) is 11.5. The Labute approximate surface area is 215 Å². The zero-order chi connectivity index (χ0) is 24.7. The molecule has 1 N–H and O–H groups in total. The molecule has 0 saturated carbocycles. The van der Waals surface area contributed by atoms with Gasteiger partial charge < -0.3 is 19.5 Å². The number of carbonyl (C=O) groups excluding carboxylic acids is 2. The third-order valence-corrected chi connectivity index (χ3v) is 5.60. The third-order valence-electron chi connectivity index (χ3n) is 4.55. The van der Waals surface area contributed by atoms with E-state index in [1.165, 1.54) is 20.3 Å². The molecule has 0 aliphatic rings. The largest absolute Gasteiger partial charge is 0.497 e. The van der Waals surface area contributed by atoms with Crippen LogP contribution in [-0.2, 0) is 4.79 Å². The predicted molar refractivity (Wildman–Crippen MR) is 137 cm³/mol. The summed E-state index contributed by atoms with van der Waals surface area (Å²) in [6, 6.07) is 18.2. The maximum atomic E-state index is 12.6. The zero-order valence-electron chi connectivity index (χ0n) is 18.1. The van der Waals surface area contributed by atoms with Crippen molar-refractivity contribution in [1.82, 2.24) is 0 Å². The van der Waals surface area contributed by atoms with Gasteiger partial charge in [0.25, 0.3) is 5.91 Å². The van der Waals surface area contributed by atoms with Gasteiger partial charge in [-0.2, -0.15) is 5.26 Å². The molecule has 3 aromatic carbocycles. The molecule has 0 aliphatic heterocycles. The van der Waals surface area contributed by atoms with Crippen LogP contribution in [0.15, 0.2) is 66.2 Å². The fourth-order valence-corrected chi connectivity index (χ4v) is 3.71. The van der Waals surface area contributed by atoms with Crippen LogP contribution in [0.1, 0.15) is 15.9 Å². The number of anilines is 1. The minimum absolute atomic E-state index is 0.115. The first-order chi connectivity index (χ1) is 16.3. The minimum Gasteiger partial charge on any atom is -0.497 e. The zero-order valence-corrected chi connectivity index (χ0v) is 21.0. The van der Waals surface area contributed by atoms with E-state index in [0.717, 1.165) is 0 Å². The van der Waals surface area contributed by atoms with Gasteiger partial charge in [0.2, 0.25) is 0 Å². The highest BCUT2D eigenvalue weighted by molar-refractivity contribution is 14.1. The summed E-state index contributed by atoms with van der Waals surface area (Å²) < 4.78 is 16.6. The molecule has 1 amide bonds. The van der Waals surface area contributed by atoms with Crippen LogP contribution in [0.5, 0.6) is 17.2 Å². The molecule has 0 aliphatic carbocycles. The third kappa shape index (κ3) is 6.27. The molecule has 3 rings (SSSR count). The van der Waals surface area contributed by atoms with Gasteiger partial charge in [-0.05, 0) is 94.9 Å². The summed E-state index contributed by atoms with van der Waals surface area (Å²) in [6.45, 7) is 0. The van der Waals surface area contributed by atoms with E-state index in [2.05, 4.69) is 5.32 Å². The number of nitrogens with one attached hydrogen (secondary N) is 1. The average molecular weight is 589 g/mol. The van der Waals surface area contributed by atoms with Crippen molar-refractivity contribution in [2.24, 2.45) is 0 Å². The van der Waals surface area contributed by atoms with Crippen LogP contribution in [0.3, 0.4) is 0 Å². The lowest BCUT2D eigenvalue weighted by Crippen LogP contribution is -2.13. The Hall–Kier alpha value is -3.55. The quantitative estimate of drug-likeness (QED) is 0.125. The molecule has 0 bridgehead atoms. The van der Waals surface area contributed by atoms with Crippen LogP contribution in [0.4, 0.5) is 5.69 Å². The van der Waals surface area contributed by atoms with E-state index in [4.69, 9.17) is 25.8 Å². The highest BCUT2D eigenvalue weighted by Crippen LogP contribution is 2.35. The molecule has 0 unspecified atom stereocenters. The maximum absolute atomic E-state index is 12.6. The van der Waals surface area contributed by atoms with Crippen molar-refractivity contribution >= 4 is 57.8 Å². The highest BCUT2D eigenvalue weighted by Gasteiger charge is 2.18. The fourth-order valence-electron chi connectivity index (χ4n) is 2.85. The maximum Gasteiger partial charge on any atom is 0.343 e. The first kappa shape index (κ1) is 25.1. The normalized spacial score (nSPS) is 10.7. The van der Waals surface area contributed by atoms with E-state index in [1.807, 2.05) is 28.7 Å². The molecule has 3 aromatic rings. The number of methoxy groups -OCH3 is 2. The Morgan fingerprint density at radius 3 is 2.29 bits per heavy atom. The Balaban J connectivity index is 1.83. The molecule has 7 nitrogen and oxygen atoms in total. The average Bonchev–Trinajstić information content (AvgIpc) is 2.85. The van der Waals surface area contributed by atoms with Gasteiger partial charge in [-0.15, -0.1) is 0 Å². The summed E-state index contributed by atoms with van der Waals surface area (Å²) >= 11 is 7.85. The van der Waals surface area contributed by atoms with Gasteiger partial charge in [-0.1, -0.05) is 11.6 Å². The van der Waals surface area contributed by atoms with Crippen LogP contribution >= 0.6 is 34.2 Å². The summed E-state index contributed by atoms with van der Waals surface area (Å²) in [5.74, 6) is -0.0233. The van der Waals surface area contributed by atoms with Crippen molar-refractivity contribution in [3.05, 3.63) is 86.0 Å². The lowest BCUT2D eigenvalue weighted by molar-refractivity contribution is -0.112. The Bertz CT molecular complexity index is 1280. The number of benzene rings is 3. The first-order valence-electron chi connectivity index (χ1n) is 9.77. The number of hydrogen-bond donors (Lipinski definition) is 1. The van der Waals surface area contributed by atoms with Gasteiger partial charge in [0.1, 0.15) is 17.4 Å². The molecule has 0 atom stereocenters. The number of ether oxygens (including phenoxy) is 3. The smallest absolute Gasteiger partial charge is 0.343 e. The van der Waals surface area contributed by atoms with E-state index >= 15 is 0 Å². The highest BCUT2D eigenvalue weighted by atomic mass is 127. The van der Waals surface area contributed by atoms with Gasteiger partial charge in [0.15, 0.2) is 11.5 Å². The van der Waals surface area contributed by atoms with Crippen molar-refractivity contribution in [1.29, 1.82) is 5.26 Å². The van der Waals surface area contributed by atoms with Crippen LogP contribution < -0.4 is 19.5 Å². The SMILES string of the molecule is COc1ccc(C(=O)Oc2c(I)cc(/C=C(\C#N)C(=O)Nc3ccc(Cl)cc3)cc2OC)cc1. The molecule has 0 fully saturated rings. The van der Waals surface area contributed by atoms with Gasteiger partial charge in [-0.25, -0.2) is 4.79 Å². The second-order valence-electron chi connectivity index (χ2n) is 6.78. The number of amides is 1. The van der Waals surface area contributed by atoms with Crippen LogP contribution in [0.25, 0.3) is 6.08 Å². The summed E-state index contributed by atoms with van der Waals surface area (Å²) in [4.78, 5) is 25.1. The molecular formula is C25H18ClIN2O5. The Morgan fingerprint density at radius 2 is 1.71 bits per heavy atom. The van der Waals surface area contributed by atoms with Crippen molar-refractivity contribution in [2.75, 3.05) is 19.5 Å². The molecular weight excluding hydrogens is 571 g/mol. The number of rotatable bonds is 7. The molecule has 172 valence electrons. The van der Waals surface area contributed by atoms with E-state index in [9.17, 15) is 14.9 Å². The van der Waals surface area contributed by atoms with Crippen LogP contribution in [0.2, 0.25) is 5.02 Å². The van der Waals surface area contributed by atoms with Crippen LogP contribution in [0, 0.1) is 14.9 Å². The molecule has 0 aromatic heterocycles. The monoisotopic (exact) mass is 588 g/mol. The number of nitrogens with zero attached hydrogens (tertiary/aromatic N) is 1. The molecule has 0 saturated heterocycles. The van der Waals surface area contributed by atoms with E-state index in [-0.39, 0.29) is 17.1 Å². The van der Waals surface area contributed by atoms with Crippen molar-refractivity contribution in [2.45, 2.75) is 0 Å². The molecule has 34 heavy (non-hydrogen) atoms. The van der Waals surface area contributed by atoms with Gasteiger partial charge in [0.05, 0.1) is 23.4 Å². The van der Waals surface area contributed by atoms with Crippen LogP contribution in [-0.4, -0.2) is 26.1 Å². The molecule has 0 radical (unpaired) electrons. The van der Waals surface area contributed by atoms with Gasteiger partial charge >= 0.3 is 5.97 Å². The number of hydrogen-bond acceptors (Lipinski definition) is 6. The minimum atomic E-state index is -0.575. The predicted octanol–water partition coefficient (Wildman–Crippen LogP) is 5.73. The number of carbonyl (C=O) groups is 2. The topological polar surface area (TPSA) is 97.7 Å². The van der Waals surface area contributed by atoms with Crippen molar-refractivity contribution < 1.29 is 23.8 Å². The van der Waals surface area contributed by atoms with Gasteiger partial charge in [0, 0.05) is 10.7 Å². The lowest BCUT2D eigenvalue weighted by Gasteiger charge is -2.13. The van der Waals surface area contributed by atoms with Gasteiger partial charge in [-0.3, -0.25) is 4.79 Å². The molecule has 0 heterocycles. The standard InChI is InChI=1S/C25H18ClIN2O5/c1-32-20-9-3-16(4-10-20)25(31)34-23-21(27)12-15(13-22(23)33-2)11-17(14-28)24(30)29-19-7-5-18(26)6-8-19/h3-13H,1-2H3,(H,29,30)/b17-11+. The summed E-state index contributed by atoms with van der Waals surface area (Å²) in [5, 5.41) is 12.7. The summed E-state index contributed by atoms with van der Waals surface area (Å²) in [7, 11) is 2.97. The Kier molecular flexibility index (Phi) is 8.51. The van der Waals surface area contributed by atoms with Crippen molar-refractivity contribution in [3.8, 4) is 23.3 Å². The van der Waals surface area contributed by atoms with E-state index in [1.54, 1.807) is 60.7 Å². The first-order valence-corrected chi connectivity index (χ1v) is 11.2. The number of esters is 1. The summed E-state index contributed by atoms with van der Waals surface area (Å²) in [5.41, 5.74) is 1.25. The lowest BCUT2D eigenvalue weighted by atomic mass is 10.1.